The maximum atomic E-state index is 12.5. The van der Waals surface area contributed by atoms with Crippen LogP contribution in [0.2, 0.25) is 5.02 Å². The van der Waals surface area contributed by atoms with Gasteiger partial charge >= 0.3 is 0 Å². The number of aryl methyl sites for hydroxylation is 1. The largest absolute Gasteiger partial charge is 0.370 e. The van der Waals surface area contributed by atoms with Crippen LogP contribution in [0.1, 0.15) is 16.2 Å². The van der Waals surface area contributed by atoms with Gasteiger partial charge in [0.05, 0.1) is 34.8 Å². The van der Waals surface area contributed by atoms with Crippen LogP contribution in [0.15, 0.2) is 42.5 Å². The zero-order valence-corrected chi connectivity index (χ0v) is 15.9. The van der Waals surface area contributed by atoms with Gasteiger partial charge in [-0.15, -0.1) is 0 Å². The minimum absolute atomic E-state index is 0.228. The Morgan fingerprint density at radius 2 is 2.04 bits per heavy atom. The predicted octanol–water partition coefficient (Wildman–Crippen LogP) is 1.89. The number of quaternary nitrogens is 1. The number of rotatable bonds is 4. The lowest BCUT2D eigenvalue weighted by atomic mass is 10.2. The van der Waals surface area contributed by atoms with Crippen molar-refractivity contribution in [3.05, 3.63) is 58.9 Å². The van der Waals surface area contributed by atoms with E-state index in [-0.39, 0.29) is 5.91 Å². The van der Waals surface area contributed by atoms with Crippen LogP contribution in [-0.4, -0.2) is 41.8 Å². The molecule has 7 heteroatoms. The molecule has 4 rings (SSSR count). The molecule has 1 aliphatic heterocycles. The molecule has 1 fully saturated rings. The van der Waals surface area contributed by atoms with E-state index in [1.54, 1.807) is 24.3 Å². The number of carbonyl (C=O) groups is 1. The van der Waals surface area contributed by atoms with Gasteiger partial charge in [-0.3, -0.25) is 4.79 Å². The average molecular weight is 386 g/mol. The van der Waals surface area contributed by atoms with Crippen LogP contribution in [-0.2, 0) is 18.3 Å². The van der Waals surface area contributed by atoms with Gasteiger partial charge in [-0.05, 0) is 30.3 Å². The van der Waals surface area contributed by atoms with E-state index >= 15 is 0 Å². The van der Waals surface area contributed by atoms with Gasteiger partial charge in [0.25, 0.3) is 5.91 Å². The van der Waals surface area contributed by atoms with Gasteiger partial charge in [0.1, 0.15) is 19.6 Å². The number of halogens is 1. The van der Waals surface area contributed by atoms with Crippen LogP contribution in [0, 0.1) is 0 Å². The summed E-state index contributed by atoms with van der Waals surface area (Å²) in [6.07, 6.45) is 0. The molecule has 140 valence electrons. The van der Waals surface area contributed by atoms with Crippen molar-refractivity contribution in [2.75, 3.05) is 31.6 Å². The number of nitrogens with one attached hydrogen (secondary N) is 2. The number of anilines is 1. The van der Waals surface area contributed by atoms with Gasteiger partial charge in [-0.25, -0.2) is 4.98 Å². The normalized spacial score (nSPS) is 15.2. The number of carbonyl (C=O) groups excluding carboxylic acids is 1. The minimum Gasteiger partial charge on any atom is -0.370 e. The third-order valence-electron chi connectivity index (χ3n) is 4.96. The van der Waals surface area contributed by atoms with E-state index in [1.165, 1.54) is 4.90 Å². The number of morpholine rings is 1. The van der Waals surface area contributed by atoms with Crippen molar-refractivity contribution in [1.29, 1.82) is 0 Å². The molecule has 0 aliphatic carbocycles. The van der Waals surface area contributed by atoms with E-state index in [2.05, 4.69) is 9.88 Å². The standard InChI is InChI=1S/C20H21ClN4O2/c1-24-18-7-6-14(22-20(26)15-4-2-3-5-16(15)21)12-17(18)23-19(24)13-25-8-10-27-11-9-25/h2-7,12H,8-11,13H2,1H3,(H,22,26)/p+1. The number of benzene rings is 2. The highest BCUT2D eigenvalue weighted by Gasteiger charge is 2.18. The van der Waals surface area contributed by atoms with Crippen molar-refractivity contribution in [2.45, 2.75) is 6.54 Å². The summed E-state index contributed by atoms with van der Waals surface area (Å²) in [5.41, 5.74) is 3.08. The van der Waals surface area contributed by atoms with Crippen molar-refractivity contribution in [2.24, 2.45) is 7.05 Å². The molecule has 0 saturated carbocycles. The fourth-order valence-electron chi connectivity index (χ4n) is 3.39. The molecule has 0 spiro atoms. The molecule has 27 heavy (non-hydrogen) atoms. The van der Waals surface area contributed by atoms with E-state index in [0.29, 0.717) is 16.3 Å². The van der Waals surface area contributed by atoms with E-state index in [1.807, 2.05) is 25.2 Å². The molecule has 2 heterocycles. The highest BCUT2D eigenvalue weighted by atomic mass is 35.5. The first-order chi connectivity index (χ1) is 13.1. The van der Waals surface area contributed by atoms with Gasteiger partial charge in [0.15, 0.2) is 5.82 Å². The molecule has 2 N–H and O–H groups in total. The van der Waals surface area contributed by atoms with E-state index < -0.39 is 0 Å². The third-order valence-corrected chi connectivity index (χ3v) is 5.29. The van der Waals surface area contributed by atoms with E-state index in [4.69, 9.17) is 21.3 Å². The lowest BCUT2D eigenvalue weighted by molar-refractivity contribution is -0.922. The van der Waals surface area contributed by atoms with Crippen LogP contribution in [0.3, 0.4) is 0 Å². The van der Waals surface area contributed by atoms with Crippen LogP contribution in [0.25, 0.3) is 11.0 Å². The molecular weight excluding hydrogens is 364 g/mol. The number of hydrogen-bond donors (Lipinski definition) is 2. The summed E-state index contributed by atoms with van der Waals surface area (Å²) in [5, 5.41) is 3.34. The molecule has 1 saturated heterocycles. The Labute approximate surface area is 162 Å². The monoisotopic (exact) mass is 385 g/mol. The van der Waals surface area contributed by atoms with Gasteiger partial charge in [0, 0.05) is 12.7 Å². The summed E-state index contributed by atoms with van der Waals surface area (Å²) < 4.78 is 7.55. The summed E-state index contributed by atoms with van der Waals surface area (Å²) in [6.45, 7) is 4.48. The Morgan fingerprint density at radius 1 is 1.26 bits per heavy atom. The topological polar surface area (TPSA) is 60.6 Å². The van der Waals surface area contributed by atoms with Crippen LogP contribution in [0.4, 0.5) is 5.69 Å². The lowest BCUT2D eigenvalue weighted by Crippen LogP contribution is -3.12. The number of ether oxygens (including phenoxy) is 1. The molecule has 6 nitrogen and oxygen atoms in total. The summed E-state index contributed by atoms with van der Waals surface area (Å²) in [6, 6.07) is 12.8. The maximum absolute atomic E-state index is 12.5. The second kappa shape index (κ2) is 7.68. The van der Waals surface area contributed by atoms with Gasteiger partial charge in [-0.1, -0.05) is 23.7 Å². The Balaban J connectivity index is 1.55. The molecule has 3 aromatic rings. The molecule has 0 radical (unpaired) electrons. The smallest absolute Gasteiger partial charge is 0.257 e. The molecule has 2 aromatic carbocycles. The zero-order chi connectivity index (χ0) is 18.8. The Kier molecular flexibility index (Phi) is 5.11. The Bertz CT molecular complexity index is 979. The van der Waals surface area contributed by atoms with Crippen LogP contribution in [0.5, 0.6) is 0 Å². The highest BCUT2D eigenvalue weighted by molar-refractivity contribution is 6.34. The number of imidazole rings is 1. The van der Waals surface area contributed by atoms with Crippen molar-refractivity contribution in [3.8, 4) is 0 Å². The van der Waals surface area contributed by atoms with Crippen molar-refractivity contribution in [3.63, 3.8) is 0 Å². The first kappa shape index (κ1) is 18.0. The fraction of sp³-hybridized carbons (Fsp3) is 0.300. The number of hydrogen-bond acceptors (Lipinski definition) is 3. The average Bonchev–Trinajstić information content (AvgIpc) is 2.98. The van der Waals surface area contributed by atoms with Crippen LogP contribution < -0.4 is 10.2 Å². The first-order valence-electron chi connectivity index (χ1n) is 9.04. The van der Waals surface area contributed by atoms with Crippen LogP contribution >= 0.6 is 11.6 Å². The summed E-state index contributed by atoms with van der Waals surface area (Å²) >= 11 is 6.11. The fourth-order valence-corrected chi connectivity index (χ4v) is 3.61. The summed E-state index contributed by atoms with van der Waals surface area (Å²) in [7, 11) is 2.03. The summed E-state index contributed by atoms with van der Waals surface area (Å²) in [5.74, 6) is 0.811. The SMILES string of the molecule is Cn1c(C[NH+]2CCOCC2)nc2cc(NC(=O)c3ccccc3Cl)ccc21. The van der Waals surface area contributed by atoms with Crippen molar-refractivity contribution < 1.29 is 14.4 Å². The quantitative estimate of drug-likeness (QED) is 0.721. The Morgan fingerprint density at radius 3 is 2.81 bits per heavy atom. The maximum Gasteiger partial charge on any atom is 0.257 e. The number of amides is 1. The van der Waals surface area contributed by atoms with Gasteiger partial charge in [0.2, 0.25) is 0 Å². The molecule has 0 bridgehead atoms. The molecule has 0 unspecified atom stereocenters. The minimum atomic E-state index is -0.228. The zero-order valence-electron chi connectivity index (χ0n) is 15.2. The van der Waals surface area contributed by atoms with Crippen molar-refractivity contribution >= 4 is 34.2 Å². The Hall–Kier alpha value is -2.41. The second-order valence-electron chi connectivity index (χ2n) is 6.76. The van der Waals surface area contributed by atoms with E-state index in [9.17, 15) is 4.79 Å². The molecular formula is C20H22ClN4O2+. The highest BCUT2D eigenvalue weighted by Crippen LogP contribution is 2.21. The molecule has 1 aliphatic rings. The van der Waals surface area contributed by atoms with E-state index in [0.717, 1.165) is 49.7 Å². The third kappa shape index (κ3) is 3.83. The first-order valence-corrected chi connectivity index (χ1v) is 9.42. The molecule has 1 amide bonds. The van der Waals surface area contributed by atoms with Gasteiger partial charge < -0.3 is 19.5 Å². The number of aromatic nitrogens is 2. The number of nitrogens with zero attached hydrogens (tertiary/aromatic N) is 2. The number of fused-ring (bicyclic) bond motifs is 1. The van der Waals surface area contributed by atoms with Crippen molar-refractivity contribution in [1.82, 2.24) is 9.55 Å². The second-order valence-corrected chi connectivity index (χ2v) is 7.17. The van der Waals surface area contributed by atoms with Gasteiger partial charge in [-0.2, -0.15) is 0 Å². The lowest BCUT2D eigenvalue weighted by Gasteiger charge is -2.23. The predicted molar refractivity (Wildman–Crippen MR) is 105 cm³/mol. The summed E-state index contributed by atoms with van der Waals surface area (Å²) in [4.78, 5) is 18.7. The molecule has 0 atom stereocenters. The molecule has 1 aromatic heterocycles.